The SMILES string of the molecule is Cc1nc2ccccc2c(=O)n1Cc1noc(-c2cncc(Br)c2)n1. The Hall–Kier alpha value is -2.87. The van der Waals surface area contributed by atoms with Crippen LogP contribution in [0, 0.1) is 6.92 Å². The van der Waals surface area contributed by atoms with Crippen LogP contribution in [0.4, 0.5) is 0 Å². The average Bonchev–Trinajstić information content (AvgIpc) is 3.07. The number of aryl methyl sites for hydroxylation is 1. The van der Waals surface area contributed by atoms with Crippen molar-refractivity contribution in [2.45, 2.75) is 13.5 Å². The van der Waals surface area contributed by atoms with Crippen LogP contribution in [-0.2, 0) is 6.54 Å². The van der Waals surface area contributed by atoms with Gasteiger partial charge in [0, 0.05) is 16.9 Å². The molecule has 0 bridgehead atoms. The number of benzene rings is 1. The highest BCUT2D eigenvalue weighted by Crippen LogP contribution is 2.20. The predicted octanol–water partition coefficient (Wildman–Crippen LogP) is 2.96. The molecule has 124 valence electrons. The van der Waals surface area contributed by atoms with E-state index in [0.717, 1.165) is 4.47 Å². The monoisotopic (exact) mass is 397 g/mol. The second kappa shape index (κ2) is 6.21. The molecule has 0 amide bonds. The molecule has 1 aromatic carbocycles. The first-order valence-corrected chi connectivity index (χ1v) is 8.31. The third-order valence-corrected chi connectivity index (χ3v) is 4.21. The number of halogens is 1. The topological polar surface area (TPSA) is 86.7 Å². The number of hydrogen-bond donors (Lipinski definition) is 0. The third-order valence-electron chi connectivity index (χ3n) is 3.77. The molecule has 4 rings (SSSR count). The van der Waals surface area contributed by atoms with Gasteiger partial charge in [-0.2, -0.15) is 4.98 Å². The quantitative estimate of drug-likeness (QED) is 0.528. The Morgan fingerprint density at radius 1 is 1.20 bits per heavy atom. The van der Waals surface area contributed by atoms with Gasteiger partial charge in [-0.3, -0.25) is 14.3 Å². The molecule has 0 N–H and O–H groups in total. The van der Waals surface area contributed by atoms with E-state index in [2.05, 4.69) is 36.0 Å². The van der Waals surface area contributed by atoms with Gasteiger partial charge in [-0.05, 0) is 41.1 Å². The van der Waals surface area contributed by atoms with Gasteiger partial charge in [0.1, 0.15) is 5.82 Å². The van der Waals surface area contributed by atoms with E-state index in [1.54, 1.807) is 25.4 Å². The third kappa shape index (κ3) is 2.96. The second-order valence-corrected chi connectivity index (χ2v) is 6.39. The lowest BCUT2D eigenvalue weighted by Crippen LogP contribution is -2.24. The van der Waals surface area contributed by atoms with Crippen LogP contribution in [0.5, 0.6) is 0 Å². The summed E-state index contributed by atoms with van der Waals surface area (Å²) in [4.78, 5) is 25.6. The molecule has 0 radical (unpaired) electrons. The molecule has 0 aliphatic heterocycles. The van der Waals surface area contributed by atoms with Crippen molar-refractivity contribution in [3.05, 3.63) is 69.2 Å². The van der Waals surface area contributed by atoms with Gasteiger partial charge < -0.3 is 4.52 Å². The molecule has 3 aromatic heterocycles. The summed E-state index contributed by atoms with van der Waals surface area (Å²) in [7, 11) is 0. The average molecular weight is 398 g/mol. The highest BCUT2D eigenvalue weighted by Gasteiger charge is 2.13. The molecule has 4 aromatic rings. The molecule has 0 aliphatic rings. The van der Waals surface area contributed by atoms with Crippen LogP contribution in [-0.4, -0.2) is 24.7 Å². The summed E-state index contributed by atoms with van der Waals surface area (Å²) in [5, 5.41) is 4.53. The van der Waals surface area contributed by atoms with Gasteiger partial charge >= 0.3 is 0 Å². The van der Waals surface area contributed by atoms with Crippen LogP contribution in [0.1, 0.15) is 11.6 Å². The Kier molecular flexibility index (Phi) is 3.89. The second-order valence-electron chi connectivity index (χ2n) is 5.48. The van der Waals surface area contributed by atoms with Crippen molar-refractivity contribution < 1.29 is 4.52 Å². The predicted molar refractivity (Wildman–Crippen MR) is 95.1 cm³/mol. The first-order valence-electron chi connectivity index (χ1n) is 7.51. The molecule has 0 unspecified atom stereocenters. The van der Waals surface area contributed by atoms with Crippen molar-refractivity contribution in [2.24, 2.45) is 0 Å². The molecule has 0 atom stereocenters. The summed E-state index contributed by atoms with van der Waals surface area (Å²) in [6.07, 6.45) is 3.31. The van der Waals surface area contributed by atoms with Gasteiger partial charge in [0.25, 0.3) is 11.4 Å². The van der Waals surface area contributed by atoms with Crippen LogP contribution in [0.25, 0.3) is 22.4 Å². The molecule has 8 heteroatoms. The van der Waals surface area contributed by atoms with Crippen molar-refractivity contribution in [3.8, 4) is 11.5 Å². The number of para-hydroxylation sites is 1. The van der Waals surface area contributed by atoms with E-state index < -0.39 is 0 Å². The van der Waals surface area contributed by atoms with E-state index in [1.807, 2.05) is 24.3 Å². The Balaban J connectivity index is 1.72. The molecule has 7 nitrogen and oxygen atoms in total. The number of pyridine rings is 1. The zero-order valence-corrected chi connectivity index (χ0v) is 14.8. The molecule has 0 saturated heterocycles. The minimum atomic E-state index is -0.126. The zero-order valence-electron chi connectivity index (χ0n) is 13.2. The van der Waals surface area contributed by atoms with Crippen LogP contribution in [0.2, 0.25) is 0 Å². The van der Waals surface area contributed by atoms with Crippen molar-refractivity contribution in [2.75, 3.05) is 0 Å². The van der Waals surface area contributed by atoms with Gasteiger partial charge in [-0.1, -0.05) is 17.3 Å². The molecule has 0 spiro atoms. The molecule has 0 aliphatic carbocycles. The molecule has 0 fully saturated rings. The smallest absolute Gasteiger partial charge is 0.261 e. The van der Waals surface area contributed by atoms with E-state index in [4.69, 9.17) is 4.52 Å². The Labute approximate surface area is 150 Å². The van der Waals surface area contributed by atoms with E-state index in [0.29, 0.717) is 34.0 Å². The fourth-order valence-corrected chi connectivity index (χ4v) is 2.94. The van der Waals surface area contributed by atoms with Crippen LogP contribution < -0.4 is 5.56 Å². The lowest BCUT2D eigenvalue weighted by atomic mass is 10.2. The minimum Gasteiger partial charge on any atom is -0.334 e. The normalized spacial score (nSPS) is 11.1. The maximum Gasteiger partial charge on any atom is 0.261 e. The molecule has 25 heavy (non-hydrogen) atoms. The summed E-state index contributed by atoms with van der Waals surface area (Å²) < 4.78 is 7.64. The van der Waals surface area contributed by atoms with Crippen LogP contribution >= 0.6 is 15.9 Å². The molecular formula is C17H12BrN5O2. The largest absolute Gasteiger partial charge is 0.334 e. The van der Waals surface area contributed by atoms with Crippen molar-refractivity contribution >= 4 is 26.8 Å². The number of rotatable bonds is 3. The minimum absolute atomic E-state index is 0.126. The Morgan fingerprint density at radius 3 is 2.88 bits per heavy atom. The summed E-state index contributed by atoms with van der Waals surface area (Å²) >= 11 is 3.36. The van der Waals surface area contributed by atoms with Crippen molar-refractivity contribution in [3.63, 3.8) is 0 Å². The van der Waals surface area contributed by atoms with E-state index in [1.165, 1.54) is 4.57 Å². The van der Waals surface area contributed by atoms with Crippen LogP contribution in [0.3, 0.4) is 0 Å². The van der Waals surface area contributed by atoms with Crippen molar-refractivity contribution in [1.29, 1.82) is 0 Å². The van der Waals surface area contributed by atoms with E-state index >= 15 is 0 Å². The van der Waals surface area contributed by atoms with Gasteiger partial charge in [0.05, 0.1) is 23.0 Å². The maximum absolute atomic E-state index is 12.7. The fourth-order valence-electron chi connectivity index (χ4n) is 2.57. The Bertz CT molecular complexity index is 1140. The van der Waals surface area contributed by atoms with E-state index in [9.17, 15) is 4.79 Å². The summed E-state index contributed by atoms with van der Waals surface area (Å²) in [6, 6.07) is 9.09. The maximum atomic E-state index is 12.7. The number of aromatic nitrogens is 5. The highest BCUT2D eigenvalue weighted by molar-refractivity contribution is 9.10. The summed E-state index contributed by atoms with van der Waals surface area (Å²) in [5.74, 6) is 1.35. The highest BCUT2D eigenvalue weighted by atomic mass is 79.9. The number of hydrogen-bond acceptors (Lipinski definition) is 6. The molecule has 0 saturated carbocycles. The van der Waals surface area contributed by atoms with Gasteiger partial charge in [0.15, 0.2) is 5.82 Å². The Morgan fingerprint density at radius 2 is 2.04 bits per heavy atom. The first-order chi connectivity index (χ1) is 12.1. The molecule has 3 heterocycles. The van der Waals surface area contributed by atoms with E-state index in [-0.39, 0.29) is 12.1 Å². The fraction of sp³-hybridized carbons (Fsp3) is 0.118. The zero-order chi connectivity index (χ0) is 17.4. The van der Waals surface area contributed by atoms with Crippen molar-refractivity contribution in [1.82, 2.24) is 24.7 Å². The van der Waals surface area contributed by atoms with Gasteiger partial charge in [0.2, 0.25) is 0 Å². The summed E-state index contributed by atoms with van der Waals surface area (Å²) in [5.41, 5.74) is 1.25. The lowest BCUT2D eigenvalue weighted by molar-refractivity contribution is 0.419. The molecular weight excluding hydrogens is 386 g/mol. The number of nitrogens with zero attached hydrogens (tertiary/aromatic N) is 5. The van der Waals surface area contributed by atoms with Gasteiger partial charge in [-0.15, -0.1) is 0 Å². The number of fused-ring (bicyclic) bond motifs is 1. The first kappa shape index (κ1) is 15.6. The summed E-state index contributed by atoms with van der Waals surface area (Å²) in [6.45, 7) is 1.97. The van der Waals surface area contributed by atoms with Crippen LogP contribution in [0.15, 0.2) is 56.5 Å². The van der Waals surface area contributed by atoms with Gasteiger partial charge in [-0.25, -0.2) is 4.98 Å². The lowest BCUT2D eigenvalue weighted by Gasteiger charge is -2.08. The standard InChI is InChI=1S/C17H12BrN5O2/c1-10-20-14-5-3-2-4-13(14)17(24)23(10)9-15-21-16(25-22-15)11-6-12(18)8-19-7-11/h2-8H,9H2,1H3.